The van der Waals surface area contributed by atoms with Crippen molar-refractivity contribution in [3.63, 3.8) is 0 Å². The number of morpholine rings is 1. The van der Waals surface area contributed by atoms with Gasteiger partial charge in [-0.2, -0.15) is 0 Å². The van der Waals surface area contributed by atoms with E-state index in [2.05, 4.69) is 9.97 Å². The van der Waals surface area contributed by atoms with Crippen LogP contribution in [-0.4, -0.2) is 54.6 Å². The third-order valence-electron chi connectivity index (χ3n) is 3.84. The quantitative estimate of drug-likeness (QED) is 0.857. The summed E-state index contributed by atoms with van der Waals surface area (Å²) in [7, 11) is 3.88. The van der Waals surface area contributed by atoms with E-state index in [0.717, 1.165) is 11.5 Å². The van der Waals surface area contributed by atoms with Gasteiger partial charge in [-0.1, -0.05) is 6.07 Å². The highest BCUT2D eigenvalue weighted by Crippen LogP contribution is 2.24. The number of nitrogens with zero attached hydrogens (tertiary/aromatic N) is 4. The molecular formula is C16H20N4O3. The maximum atomic E-state index is 12.5. The van der Waals surface area contributed by atoms with Crippen LogP contribution >= 0.6 is 0 Å². The molecule has 7 nitrogen and oxygen atoms in total. The van der Waals surface area contributed by atoms with Crippen LogP contribution in [0.15, 0.2) is 29.0 Å². The Morgan fingerprint density at radius 3 is 2.91 bits per heavy atom. The lowest BCUT2D eigenvalue weighted by Crippen LogP contribution is -2.42. The van der Waals surface area contributed by atoms with Gasteiger partial charge < -0.3 is 19.0 Å². The molecule has 3 heterocycles. The first-order chi connectivity index (χ1) is 11.1. The molecule has 0 spiro atoms. The number of hydrogen-bond acceptors (Lipinski definition) is 6. The lowest BCUT2D eigenvalue weighted by Gasteiger charge is -2.32. The first kappa shape index (κ1) is 15.5. The fourth-order valence-corrected chi connectivity index (χ4v) is 2.53. The molecule has 2 aromatic rings. The summed E-state index contributed by atoms with van der Waals surface area (Å²) in [6.07, 6.45) is 1.05. The molecule has 3 rings (SSSR count). The molecule has 0 aromatic carbocycles. The molecule has 2 aromatic heterocycles. The summed E-state index contributed by atoms with van der Waals surface area (Å²) in [6, 6.07) is 5.81. The Labute approximate surface area is 134 Å². The van der Waals surface area contributed by atoms with Crippen LogP contribution in [0.1, 0.15) is 28.0 Å². The van der Waals surface area contributed by atoms with Crippen molar-refractivity contribution < 1.29 is 13.9 Å². The molecule has 1 amide bonds. The summed E-state index contributed by atoms with van der Waals surface area (Å²) < 4.78 is 11.0. The molecule has 122 valence electrons. The fourth-order valence-electron chi connectivity index (χ4n) is 2.53. The molecule has 0 radical (unpaired) electrons. The van der Waals surface area contributed by atoms with Gasteiger partial charge >= 0.3 is 0 Å². The van der Waals surface area contributed by atoms with E-state index >= 15 is 0 Å². The number of carbonyl (C=O) groups excluding carboxylic acids is 1. The molecule has 0 unspecified atom stereocenters. The van der Waals surface area contributed by atoms with Crippen molar-refractivity contribution in [2.75, 3.05) is 38.7 Å². The van der Waals surface area contributed by atoms with Crippen molar-refractivity contribution >= 4 is 11.7 Å². The summed E-state index contributed by atoms with van der Waals surface area (Å²) in [6.45, 7) is 3.21. The average molecular weight is 316 g/mol. The minimum atomic E-state index is -0.240. The monoisotopic (exact) mass is 316 g/mol. The molecule has 1 fully saturated rings. The Hall–Kier alpha value is -2.41. The summed E-state index contributed by atoms with van der Waals surface area (Å²) in [5.74, 6) is 0.998. The zero-order valence-corrected chi connectivity index (χ0v) is 13.5. The lowest BCUT2D eigenvalue weighted by atomic mass is 10.1. The standard InChI is InChI=1S/C16H20N4O3/c1-11-15(23-10-17-11)16(21)20-7-8-22-13(9-20)12-5-4-6-14(18-12)19(2)3/h4-6,10,13H,7-9H2,1-3H3/t13-/m1/s1. The summed E-state index contributed by atoms with van der Waals surface area (Å²) >= 11 is 0. The molecule has 0 aliphatic carbocycles. The van der Waals surface area contributed by atoms with E-state index in [0.29, 0.717) is 31.2 Å². The third kappa shape index (κ3) is 3.19. The third-order valence-corrected chi connectivity index (χ3v) is 3.84. The van der Waals surface area contributed by atoms with Crippen LogP contribution in [0.5, 0.6) is 0 Å². The van der Waals surface area contributed by atoms with Gasteiger partial charge in [-0.25, -0.2) is 9.97 Å². The van der Waals surface area contributed by atoms with Gasteiger partial charge in [-0.15, -0.1) is 0 Å². The van der Waals surface area contributed by atoms with Gasteiger partial charge in [0.05, 0.1) is 24.5 Å². The molecule has 0 bridgehead atoms. The fraction of sp³-hybridized carbons (Fsp3) is 0.438. The van der Waals surface area contributed by atoms with Gasteiger partial charge in [-0.3, -0.25) is 4.79 Å². The van der Waals surface area contributed by atoms with Crippen molar-refractivity contribution in [2.45, 2.75) is 13.0 Å². The van der Waals surface area contributed by atoms with E-state index in [1.54, 1.807) is 11.8 Å². The first-order valence-electron chi connectivity index (χ1n) is 7.51. The smallest absolute Gasteiger partial charge is 0.291 e. The molecule has 1 saturated heterocycles. The Bertz CT molecular complexity index is 698. The number of aryl methyl sites for hydroxylation is 1. The van der Waals surface area contributed by atoms with Gasteiger partial charge in [0.25, 0.3) is 5.91 Å². The Balaban J connectivity index is 1.77. The van der Waals surface area contributed by atoms with Crippen LogP contribution in [0.25, 0.3) is 0 Å². The summed E-state index contributed by atoms with van der Waals surface area (Å²) in [5.41, 5.74) is 1.42. The highest BCUT2D eigenvalue weighted by molar-refractivity contribution is 5.92. The topological polar surface area (TPSA) is 71.7 Å². The van der Waals surface area contributed by atoms with Gasteiger partial charge in [0.15, 0.2) is 6.39 Å². The maximum absolute atomic E-state index is 12.5. The van der Waals surface area contributed by atoms with E-state index < -0.39 is 0 Å². The van der Waals surface area contributed by atoms with Gasteiger partial charge in [-0.05, 0) is 19.1 Å². The van der Waals surface area contributed by atoms with Gasteiger partial charge in [0.2, 0.25) is 5.76 Å². The van der Waals surface area contributed by atoms with Crippen LogP contribution < -0.4 is 4.90 Å². The van der Waals surface area contributed by atoms with Crippen molar-refractivity contribution in [2.24, 2.45) is 0 Å². The van der Waals surface area contributed by atoms with Crippen molar-refractivity contribution in [1.29, 1.82) is 0 Å². The molecule has 1 atom stereocenters. The molecule has 7 heteroatoms. The second-order valence-electron chi connectivity index (χ2n) is 5.69. The molecular weight excluding hydrogens is 296 g/mol. The number of carbonyl (C=O) groups is 1. The minimum Gasteiger partial charge on any atom is -0.438 e. The van der Waals surface area contributed by atoms with Crippen molar-refractivity contribution in [3.05, 3.63) is 41.7 Å². The first-order valence-corrected chi connectivity index (χ1v) is 7.51. The zero-order chi connectivity index (χ0) is 16.4. The number of ether oxygens (including phenoxy) is 1. The second-order valence-corrected chi connectivity index (χ2v) is 5.69. The number of oxazole rings is 1. The highest BCUT2D eigenvalue weighted by Gasteiger charge is 2.29. The van der Waals surface area contributed by atoms with Crippen LogP contribution in [0.4, 0.5) is 5.82 Å². The van der Waals surface area contributed by atoms with E-state index in [4.69, 9.17) is 9.15 Å². The lowest BCUT2D eigenvalue weighted by molar-refractivity contribution is -0.0256. The molecule has 1 aliphatic heterocycles. The summed E-state index contributed by atoms with van der Waals surface area (Å²) in [4.78, 5) is 24.8. The average Bonchev–Trinajstić information content (AvgIpc) is 3.00. The second kappa shape index (κ2) is 6.37. The number of hydrogen-bond donors (Lipinski definition) is 0. The van der Waals surface area contributed by atoms with Crippen LogP contribution in [0, 0.1) is 6.92 Å². The predicted octanol–water partition coefficient (Wildman–Crippen LogP) is 1.66. The van der Waals surface area contributed by atoms with E-state index in [1.165, 1.54) is 6.39 Å². The summed E-state index contributed by atoms with van der Waals surface area (Å²) in [5, 5.41) is 0. The Morgan fingerprint density at radius 1 is 1.39 bits per heavy atom. The van der Waals surface area contributed by atoms with Crippen LogP contribution in [0.3, 0.4) is 0 Å². The normalized spacial score (nSPS) is 18.0. The largest absolute Gasteiger partial charge is 0.438 e. The predicted molar refractivity (Wildman–Crippen MR) is 84.4 cm³/mol. The number of amides is 1. The SMILES string of the molecule is Cc1ncoc1C(=O)N1CCO[C@@H](c2cccc(N(C)C)n2)C1. The number of rotatable bonds is 3. The zero-order valence-electron chi connectivity index (χ0n) is 13.5. The van der Waals surface area contributed by atoms with E-state index in [1.807, 2.05) is 37.2 Å². The highest BCUT2D eigenvalue weighted by atomic mass is 16.5. The van der Waals surface area contributed by atoms with Crippen molar-refractivity contribution in [1.82, 2.24) is 14.9 Å². The van der Waals surface area contributed by atoms with Crippen LogP contribution in [-0.2, 0) is 4.74 Å². The van der Waals surface area contributed by atoms with Gasteiger partial charge in [0.1, 0.15) is 11.9 Å². The van der Waals surface area contributed by atoms with Crippen molar-refractivity contribution in [3.8, 4) is 0 Å². The number of pyridine rings is 1. The van der Waals surface area contributed by atoms with E-state index in [9.17, 15) is 4.79 Å². The Kier molecular flexibility index (Phi) is 4.29. The molecule has 1 aliphatic rings. The Morgan fingerprint density at radius 2 is 2.22 bits per heavy atom. The van der Waals surface area contributed by atoms with E-state index in [-0.39, 0.29) is 12.0 Å². The number of anilines is 1. The minimum absolute atomic E-state index is 0.155. The van der Waals surface area contributed by atoms with Crippen LogP contribution in [0.2, 0.25) is 0 Å². The molecule has 0 N–H and O–H groups in total. The maximum Gasteiger partial charge on any atom is 0.291 e. The van der Waals surface area contributed by atoms with Gasteiger partial charge in [0, 0.05) is 20.6 Å². The molecule has 0 saturated carbocycles. The molecule has 23 heavy (non-hydrogen) atoms. The number of aromatic nitrogens is 2.